The van der Waals surface area contributed by atoms with Crippen molar-refractivity contribution in [1.29, 1.82) is 0 Å². The highest BCUT2D eigenvalue weighted by molar-refractivity contribution is 8.07. The standard InChI is InChI=1S/C14H29NS2/c1-5-7-11(3)10-12(15-4)14-13(6-2)16-8-9-17-14/h11-15H,5-10H2,1-4H3. The zero-order valence-electron chi connectivity index (χ0n) is 11.9. The number of thioether (sulfide) groups is 2. The summed E-state index contributed by atoms with van der Waals surface area (Å²) in [5.74, 6) is 3.55. The molecule has 0 amide bonds. The van der Waals surface area contributed by atoms with Crippen molar-refractivity contribution >= 4 is 23.5 Å². The molecule has 1 saturated heterocycles. The van der Waals surface area contributed by atoms with E-state index >= 15 is 0 Å². The fraction of sp³-hybridized carbons (Fsp3) is 1.00. The molecule has 1 nitrogen and oxygen atoms in total. The van der Waals surface area contributed by atoms with Crippen molar-refractivity contribution in [1.82, 2.24) is 5.32 Å². The normalized spacial score (nSPS) is 28.9. The van der Waals surface area contributed by atoms with E-state index < -0.39 is 0 Å². The molecule has 0 aromatic carbocycles. The molecule has 0 spiro atoms. The Balaban J connectivity index is 2.51. The lowest BCUT2D eigenvalue weighted by Crippen LogP contribution is -2.44. The first kappa shape index (κ1) is 15.7. The van der Waals surface area contributed by atoms with E-state index in [9.17, 15) is 0 Å². The van der Waals surface area contributed by atoms with Crippen LogP contribution < -0.4 is 5.32 Å². The highest BCUT2D eigenvalue weighted by Gasteiger charge is 2.31. The molecular formula is C14H29NS2. The third-order valence-electron chi connectivity index (χ3n) is 3.70. The Morgan fingerprint density at radius 3 is 2.53 bits per heavy atom. The maximum Gasteiger partial charge on any atom is 0.0320 e. The lowest BCUT2D eigenvalue weighted by Gasteiger charge is -2.37. The van der Waals surface area contributed by atoms with Crippen LogP contribution in [0.4, 0.5) is 0 Å². The van der Waals surface area contributed by atoms with Gasteiger partial charge >= 0.3 is 0 Å². The monoisotopic (exact) mass is 275 g/mol. The van der Waals surface area contributed by atoms with Crippen LogP contribution >= 0.6 is 23.5 Å². The van der Waals surface area contributed by atoms with Gasteiger partial charge in [-0.15, -0.1) is 0 Å². The van der Waals surface area contributed by atoms with E-state index in [4.69, 9.17) is 0 Å². The summed E-state index contributed by atoms with van der Waals surface area (Å²) in [5, 5.41) is 5.27. The van der Waals surface area contributed by atoms with Gasteiger partial charge in [-0.2, -0.15) is 23.5 Å². The number of hydrogen-bond donors (Lipinski definition) is 1. The van der Waals surface area contributed by atoms with Gasteiger partial charge in [-0.1, -0.05) is 33.6 Å². The first-order chi connectivity index (χ1) is 8.22. The largest absolute Gasteiger partial charge is 0.316 e. The molecule has 1 rings (SSSR count). The predicted molar refractivity (Wildman–Crippen MR) is 84.3 cm³/mol. The van der Waals surface area contributed by atoms with E-state index in [0.29, 0.717) is 6.04 Å². The van der Waals surface area contributed by atoms with Crippen molar-refractivity contribution in [2.45, 2.75) is 63.0 Å². The fourth-order valence-corrected chi connectivity index (χ4v) is 6.09. The van der Waals surface area contributed by atoms with E-state index in [0.717, 1.165) is 16.4 Å². The maximum atomic E-state index is 3.59. The van der Waals surface area contributed by atoms with Crippen molar-refractivity contribution in [3.05, 3.63) is 0 Å². The first-order valence-electron chi connectivity index (χ1n) is 7.13. The van der Waals surface area contributed by atoms with Crippen LogP contribution in [-0.4, -0.2) is 35.1 Å². The molecule has 0 aromatic heterocycles. The summed E-state index contributed by atoms with van der Waals surface area (Å²) in [5.41, 5.74) is 0. The highest BCUT2D eigenvalue weighted by Crippen LogP contribution is 2.36. The van der Waals surface area contributed by atoms with Crippen molar-refractivity contribution < 1.29 is 0 Å². The Kier molecular flexibility index (Phi) is 8.05. The van der Waals surface area contributed by atoms with Gasteiger partial charge in [-0.25, -0.2) is 0 Å². The van der Waals surface area contributed by atoms with E-state index in [2.05, 4.69) is 56.7 Å². The molecule has 1 aliphatic heterocycles. The topological polar surface area (TPSA) is 12.0 Å². The maximum absolute atomic E-state index is 3.59. The lowest BCUT2D eigenvalue weighted by molar-refractivity contribution is 0.386. The molecule has 4 unspecified atom stereocenters. The van der Waals surface area contributed by atoms with Gasteiger partial charge in [0.1, 0.15) is 0 Å². The van der Waals surface area contributed by atoms with Gasteiger partial charge in [0.25, 0.3) is 0 Å². The fourth-order valence-electron chi connectivity index (χ4n) is 2.77. The predicted octanol–water partition coefficient (Wildman–Crippen LogP) is 4.03. The molecule has 1 fully saturated rings. The zero-order valence-corrected chi connectivity index (χ0v) is 13.5. The SMILES string of the molecule is CCCC(C)CC(NC)C1SCCSC1CC. The smallest absolute Gasteiger partial charge is 0.0320 e. The molecule has 17 heavy (non-hydrogen) atoms. The molecular weight excluding hydrogens is 246 g/mol. The molecule has 0 aromatic rings. The Bertz CT molecular complexity index is 199. The Morgan fingerprint density at radius 2 is 1.94 bits per heavy atom. The second-order valence-electron chi connectivity index (χ2n) is 5.18. The van der Waals surface area contributed by atoms with Gasteiger partial charge in [0.15, 0.2) is 0 Å². The molecule has 1 aliphatic rings. The van der Waals surface area contributed by atoms with Crippen molar-refractivity contribution in [3.63, 3.8) is 0 Å². The second kappa shape index (κ2) is 8.71. The van der Waals surface area contributed by atoms with Crippen LogP contribution in [0.15, 0.2) is 0 Å². The summed E-state index contributed by atoms with van der Waals surface area (Å²) >= 11 is 4.40. The van der Waals surface area contributed by atoms with Crippen LogP contribution in [-0.2, 0) is 0 Å². The summed E-state index contributed by atoms with van der Waals surface area (Å²) < 4.78 is 0. The van der Waals surface area contributed by atoms with Crippen molar-refractivity contribution in [3.8, 4) is 0 Å². The number of hydrogen-bond acceptors (Lipinski definition) is 3. The molecule has 0 bridgehead atoms. The minimum atomic E-state index is 0.708. The molecule has 0 saturated carbocycles. The first-order valence-corrected chi connectivity index (χ1v) is 9.23. The van der Waals surface area contributed by atoms with Crippen molar-refractivity contribution in [2.24, 2.45) is 5.92 Å². The molecule has 1 N–H and O–H groups in total. The second-order valence-corrected chi connectivity index (χ2v) is 7.81. The summed E-state index contributed by atoms with van der Waals surface area (Å²) in [6.07, 6.45) is 5.36. The van der Waals surface area contributed by atoms with Crippen LogP contribution in [0.3, 0.4) is 0 Å². The van der Waals surface area contributed by atoms with E-state index in [1.807, 2.05) is 0 Å². The van der Waals surface area contributed by atoms with E-state index in [1.165, 1.54) is 37.2 Å². The Hall–Kier alpha value is 0.660. The molecule has 0 radical (unpaired) electrons. The Morgan fingerprint density at radius 1 is 1.24 bits per heavy atom. The van der Waals surface area contributed by atoms with Gasteiger partial charge in [-0.3, -0.25) is 0 Å². The minimum absolute atomic E-state index is 0.708. The Labute approximate surface area is 116 Å². The van der Waals surface area contributed by atoms with Crippen LogP contribution in [0.5, 0.6) is 0 Å². The summed E-state index contributed by atoms with van der Waals surface area (Å²) in [6, 6.07) is 0.708. The summed E-state index contributed by atoms with van der Waals surface area (Å²) in [6.45, 7) is 7.05. The molecule has 1 heterocycles. The lowest BCUT2D eigenvalue weighted by atomic mass is 9.94. The quantitative estimate of drug-likeness (QED) is 0.753. The highest BCUT2D eigenvalue weighted by atomic mass is 32.2. The van der Waals surface area contributed by atoms with Gasteiger partial charge in [0, 0.05) is 28.0 Å². The molecule has 102 valence electrons. The zero-order chi connectivity index (χ0) is 12.7. The van der Waals surface area contributed by atoms with E-state index in [-0.39, 0.29) is 0 Å². The van der Waals surface area contributed by atoms with Gasteiger partial charge in [-0.05, 0) is 25.8 Å². The summed E-state index contributed by atoms with van der Waals surface area (Å²) in [4.78, 5) is 0. The molecule has 0 aliphatic carbocycles. The van der Waals surface area contributed by atoms with Gasteiger partial charge in [0.05, 0.1) is 0 Å². The van der Waals surface area contributed by atoms with Crippen LogP contribution in [0, 0.1) is 5.92 Å². The molecule has 3 heteroatoms. The third-order valence-corrected chi connectivity index (χ3v) is 7.11. The molecule has 4 atom stereocenters. The summed E-state index contributed by atoms with van der Waals surface area (Å²) in [7, 11) is 2.15. The van der Waals surface area contributed by atoms with Crippen LogP contribution in [0.2, 0.25) is 0 Å². The number of nitrogens with one attached hydrogen (secondary N) is 1. The average Bonchev–Trinajstić information content (AvgIpc) is 2.36. The van der Waals surface area contributed by atoms with Gasteiger partial charge in [0.2, 0.25) is 0 Å². The van der Waals surface area contributed by atoms with Crippen LogP contribution in [0.1, 0.15) is 46.5 Å². The van der Waals surface area contributed by atoms with E-state index in [1.54, 1.807) is 0 Å². The van der Waals surface area contributed by atoms with Crippen LogP contribution in [0.25, 0.3) is 0 Å². The number of rotatable bonds is 7. The van der Waals surface area contributed by atoms with Gasteiger partial charge < -0.3 is 5.32 Å². The average molecular weight is 276 g/mol. The van der Waals surface area contributed by atoms with Crippen molar-refractivity contribution in [2.75, 3.05) is 18.6 Å². The third kappa shape index (κ3) is 5.04. The minimum Gasteiger partial charge on any atom is -0.316 e.